The predicted octanol–water partition coefficient (Wildman–Crippen LogP) is -0.00230. The molecule has 0 aliphatic carbocycles. The van der Waals surface area contributed by atoms with E-state index in [-0.39, 0.29) is 5.56 Å². The number of benzene rings is 1. The number of carbonyl (C=O) groups is 1. The number of rotatable bonds is 3. The van der Waals surface area contributed by atoms with E-state index in [2.05, 4.69) is 5.32 Å². The summed E-state index contributed by atoms with van der Waals surface area (Å²) in [7, 11) is 0. The Balaban J connectivity index is 2.75. The largest absolute Gasteiger partial charge is 0.478 e. The monoisotopic (exact) mass is 181 g/mol. The van der Waals surface area contributed by atoms with Gasteiger partial charge < -0.3 is 10.4 Å². The third-order valence-electron chi connectivity index (χ3n) is 1.47. The number of hydrogen-bond donors (Lipinski definition) is 4. The fraction of sp³-hybridized carbons (Fsp3) is 0.125. The van der Waals surface area contributed by atoms with Gasteiger partial charge in [-0.1, -0.05) is 0 Å². The topological polar surface area (TPSA) is 101 Å². The summed E-state index contributed by atoms with van der Waals surface area (Å²) in [6.45, 7) is 0. The van der Waals surface area contributed by atoms with Crippen molar-refractivity contribution in [3.8, 4) is 0 Å². The molecular formula is C8H11N3O2. The molecule has 0 unspecified atom stereocenters. The number of anilines is 1. The summed E-state index contributed by atoms with van der Waals surface area (Å²) in [5.41, 5.74) is 11.5. The zero-order chi connectivity index (χ0) is 9.84. The summed E-state index contributed by atoms with van der Waals surface area (Å²) in [6.07, 6.45) is -0.643. The Labute approximate surface area is 75.3 Å². The summed E-state index contributed by atoms with van der Waals surface area (Å²) >= 11 is 0. The highest BCUT2D eigenvalue weighted by Crippen LogP contribution is 2.08. The van der Waals surface area contributed by atoms with Gasteiger partial charge in [-0.25, -0.2) is 4.79 Å². The lowest BCUT2D eigenvalue weighted by atomic mass is 10.2. The van der Waals surface area contributed by atoms with Gasteiger partial charge in [-0.2, -0.15) is 0 Å². The van der Waals surface area contributed by atoms with Crippen LogP contribution in [0.5, 0.6) is 0 Å². The van der Waals surface area contributed by atoms with Crippen LogP contribution >= 0.6 is 0 Å². The average molecular weight is 181 g/mol. The minimum Gasteiger partial charge on any atom is -0.478 e. The molecule has 0 heterocycles. The second-order valence-electron chi connectivity index (χ2n) is 2.55. The first-order chi connectivity index (χ1) is 6.09. The Morgan fingerprint density at radius 2 is 1.85 bits per heavy atom. The van der Waals surface area contributed by atoms with Gasteiger partial charge in [0, 0.05) is 5.69 Å². The van der Waals surface area contributed by atoms with Gasteiger partial charge in [0.2, 0.25) is 0 Å². The molecule has 1 aromatic rings. The summed E-state index contributed by atoms with van der Waals surface area (Å²) < 4.78 is 0. The third-order valence-corrected chi connectivity index (χ3v) is 1.47. The lowest BCUT2D eigenvalue weighted by molar-refractivity contribution is 0.0697. The molecule has 5 heteroatoms. The van der Waals surface area contributed by atoms with E-state index in [1.54, 1.807) is 12.1 Å². The van der Waals surface area contributed by atoms with E-state index >= 15 is 0 Å². The van der Waals surface area contributed by atoms with Crippen LogP contribution < -0.4 is 16.8 Å². The van der Waals surface area contributed by atoms with Crippen LogP contribution in [0.2, 0.25) is 0 Å². The standard InChI is InChI=1S/C8H11N3O2/c9-8(10)11-6-3-1-5(2-4-6)7(12)13/h1-4,8,11H,9-10H2,(H,12,13). The van der Waals surface area contributed by atoms with E-state index in [0.717, 1.165) is 0 Å². The van der Waals surface area contributed by atoms with Gasteiger partial charge in [0.05, 0.1) is 5.56 Å². The highest BCUT2D eigenvalue weighted by atomic mass is 16.4. The lowest BCUT2D eigenvalue weighted by Crippen LogP contribution is -2.38. The van der Waals surface area contributed by atoms with Crippen molar-refractivity contribution in [2.45, 2.75) is 6.29 Å². The van der Waals surface area contributed by atoms with E-state index in [0.29, 0.717) is 5.69 Å². The molecule has 1 rings (SSSR count). The molecule has 13 heavy (non-hydrogen) atoms. The summed E-state index contributed by atoms with van der Waals surface area (Å²) in [4.78, 5) is 10.5. The van der Waals surface area contributed by atoms with Crippen LogP contribution in [0.3, 0.4) is 0 Å². The highest BCUT2D eigenvalue weighted by molar-refractivity contribution is 5.87. The van der Waals surface area contributed by atoms with Crippen LogP contribution in [0.1, 0.15) is 10.4 Å². The van der Waals surface area contributed by atoms with Crippen molar-refractivity contribution in [1.82, 2.24) is 0 Å². The van der Waals surface area contributed by atoms with E-state index in [4.69, 9.17) is 16.6 Å². The molecule has 0 aromatic heterocycles. The minimum absolute atomic E-state index is 0.233. The Morgan fingerprint density at radius 1 is 1.31 bits per heavy atom. The molecule has 0 aliphatic heterocycles. The SMILES string of the molecule is NC(N)Nc1ccc(C(=O)O)cc1. The maximum atomic E-state index is 10.5. The molecule has 0 atom stereocenters. The maximum Gasteiger partial charge on any atom is 0.335 e. The Morgan fingerprint density at radius 3 is 2.23 bits per heavy atom. The maximum absolute atomic E-state index is 10.5. The zero-order valence-electron chi connectivity index (χ0n) is 6.90. The minimum atomic E-state index is -0.955. The van der Waals surface area contributed by atoms with Crippen molar-refractivity contribution in [2.75, 3.05) is 5.32 Å². The normalized spacial score (nSPS) is 10.1. The number of aromatic carboxylic acids is 1. The van der Waals surface area contributed by atoms with Gasteiger partial charge in [0.15, 0.2) is 0 Å². The Kier molecular flexibility index (Phi) is 2.84. The molecule has 0 saturated carbocycles. The fourth-order valence-electron chi connectivity index (χ4n) is 0.901. The van der Waals surface area contributed by atoms with Crippen molar-refractivity contribution in [3.63, 3.8) is 0 Å². The quantitative estimate of drug-likeness (QED) is 0.491. The Bertz CT molecular complexity index is 295. The first-order valence-electron chi connectivity index (χ1n) is 3.70. The molecule has 0 amide bonds. The van der Waals surface area contributed by atoms with E-state index in [9.17, 15) is 4.79 Å². The molecule has 0 spiro atoms. The average Bonchev–Trinajstić information content (AvgIpc) is 2.04. The summed E-state index contributed by atoms with van der Waals surface area (Å²) in [6, 6.07) is 6.17. The van der Waals surface area contributed by atoms with Crippen LogP contribution in [0.4, 0.5) is 5.69 Å². The van der Waals surface area contributed by atoms with Crippen LogP contribution in [-0.2, 0) is 0 Å². The number of carboxylic acids is 1. The van der Waals surface area contributed by atoms with Gasteiger partial charge in [0.1, 0.15) is 6.29 Å². The molecule has 0 aliphatic rings. The molecule has 0 saturated heterocycles. The molecule has 1 aromatic carbocycles. The number of hydrogen-bond acceptors (Lipinski definition) is 4. The van der Waals surface area contributed by atoms with Crippen LogP contribution in [-0.4, -0.2) is 17.4 Å². The van der Waals surface area contributed by atoms with Gasteiger partial charge in [-0.3, -0.25) is 11.5 Å². The number of carboxylic acid groups (broad SMARTS) is 1. The van der Waals surface area contributed by atoms with Gasteiger partial charge in [-0.05, 0) is 24.3 Å². The first-order valence-corrected chi connectivity index (χ1v) is 3.70. The second-order valence-corrected chi connectivity index (χ2v) is 2.55. The molecule has 0 fully saturated rings. The molecule has 0 radical (unpaired) electrons. The lowest BCUT2D eigenvalue weighted by Gasteiger charge is -2.09. The molecule has 6 N–H and O–H groups in total. The number of nitrogens with two attached hydrogens (primary N) is 2. The van der Waals surface area contributed by atoms with Crippen LogP contribution in [0.25, 0.3) is 0 Å². The molecule has 70 valence electrons. The van der Waals surface area contributed by atoms with Crippen molar-refractivity contribution >= 4 is 11.7 Å². The molecular weight excluding hydrogens is 170 g/mol. The smallest absolute Gasteiger partial charge is 0.335 e. The third kappa shape index (κ3) is 2.73. The zero-order valence-corrected chi connectivity index (χ0v) is 6.90. The van der Waals surface area contributed by atoms with Gasteiger partial charge in [-0.15, -0.1) is 0 Å². The number of nitrogens with one attached hydrogen (secondary N) is 1. The summed E-state index contributed by atoms with van der Waals surface area (Å²) in [5, 5.41) is 11.3. The van der Waals surface area contributed by atoms with Crippen molar-refractivity contribution in [1.29, 1.82) is 0 Å². The van der Waals surface area contributed by atoms with Crippen LogP contribution in [0.15, 0.2) is 24.3 Å². The second kappa shape index (κ2) is 3.88. The predicted molar refractivity (Wildman–Crippen MR) is 49.2 cm³/mol. The molecule has 5 nitrogen and oxygen atoms in total. The van der Waals surface area contributed by atoms with Gasteiger partial charge in [0.25, 0.3) is 0 Å². The van der Waals surface area contributed by atoms with E-state index in [1.165, 1.54) is 12.1 Å². The van der Waals surface area contributed by atoms with Crippen molar-refractivity contribution in [3.05, 3.63) is 29.8 Å². The van der Waals surface area contributed by atoms with E-state index < -0.39 is 12.3 Å². The van der Waals surface area contributed by atoms with Gasteiger partial charge >= 0.3 is 5.97 Å². The molecule has 0 bridgehead atoms. The summed E-state index contributed by atoms with van der Waals surface area (Å²) in [5.74, 6) is -0.955. The fourth-order valence-corrected chi connectivity index (χ4v) is 0.901. The highest BCUT2D eigenvalue weighted by Gasteiger charge is 2.01. The first kappa shape index (κ1) is 9.50. The van der Waals surface area contributed by atoms with Crippen molar-refractivity contribution < 1.29 is 9.90 Å². The van der Waals surface area contributed by atoms with Crippen LogP contribution in [0, 0.1) is 0 Å². The Hall–Kier alpha value is -1.59. The van der Waals surface area contributed by atoms with Crippen molar-refractivity contribution in [2.24, 2.45) is 11.5 Å². The van der Waals surface area contributed by atoms with E-state index in [1.807, 2.05) is 0 Å².